The summed E-state index contributed by atoms with van der Waals surface area (Å²) in [5.74, 6) is -0.886. The highest BCUT2D eigenvalue weighted by Crippen LogP contribution is 2.16. The maximum atomic E-state index is 12.8. The molecule has 0 aliphatic rings. The van der Waals surface area contributed by atoms with E-state index in [1.807, 2.05) is 0 Å². The number of rotatable bonds is 51. The first kappa shape index (κ1) is 62.4. The van der Waals surface area contributed by atoms with Gasteiger partial charge in [-0.2, -0.15) is 0 Å². The zero-order chi connectivity index (χ0) is 47.2. The molecule has 0 aliphatic carbocycles. The summed E-state index contributed by atoms with van der Waals surface area (Å²) in [5, 5.41) is 0. The van der Waals surface area contributed by atoms with Crippen LogP contribution in [0.3, 0.4) is 0 Å². The molecule has 0 N–H and O–H groups in total. The van der Waals surface area contributed by atoms with Crippen molar-refractivity contribution < 1.29 is 28.6 Å². The van der Waals surface area contributed by atoms with Crippen molar-refractivity contribution in [3.05, 3.63) is 48.6 Å². The molecule has 0 saturated heterocycles. The Hall–Kier alpha value is -2.63. The molecule has 378 valence electrons. The minimum absolute atomic E-state index is 0.0767. The minimum Gasteiger partial charge on any atom is -0.462 e. The number of hydrogen-bond donors (Lipinski definition) is 0. The van der Waals surface area contributed by atoms with Crippen LogP contribution in [0, 0.1) is 0 Å². The Bertz CT molecular complexity index is 1140. The van der Waals surface area contributed by atoms with E-state index in [4.69, 9.17) is 14.2 Å². The van der Waals surface area contributed by atoms with E-state index in [1.165, 1.54) is 154 Å². The molecule has 6 heteroatoms. The molecule has 65 heavy (non-hydrogen) atoms. The molecule has 0 aliphatic heterocycles. The van der Waals surface area contributed by atoms with Crippen molar-refractivity contribution >= 4 is 17.9 Å². The predicted octanol–water partition coefficient (Wildman–Crippen LogP) is 18.7. The number of ether oxygens (including phenoxy) is 3. The SMILES string of the molecule is CC/C=C\C/C=C\C/C=C\C/C=C\CCCCCCC(=O)OCC(COC(=O)CCCCCCCCCCCCCCCC)OC(=O)CCCCCCCCCCCCCCCCCC. The van der Waals surface area contributed by atoms with E-state index >= 15 is 0 Å². The van der Waals surface area contributed by atoms with Gasteiger partial charge in [0.25, 0.3) is 0 Å². The number of esters is 3. The molecule has 0 amide bonds. The standard InChI is InChI=1S/C59H106O6/c1-4-7-10-13-16-19-22-25-28-30-32-34-37-40-43-46-49-52-58(61)64-55-56(54-63-57(60)51-48-45-42-39-36-33-27-24-21-18-15-12-9-6-3)65-59(62)53-50-47-44-41-38-35-31-29-26-23-20-17-14-11-8-5-2/h7,10,16,19,25,28,32,34,56H,4-6,8-9,11-15,17-18,20-24,26-27,29-31,33,35-55H2,1-3H3/b10-7-,19-16-,28-25-,34-32-. The summed E-state index contributed by atoms with van der Waals surface area (Å²) in [6.45, 7) is 6.54. The van der Waals surface area contributed by atoms with Crippen LogP contribution in [0.2, 0.25) is 0 Å². The van der Waals surface area contributed by atoms with Crippen LogP contribution in [0.4, 0.5) is 0 Å². The summed E-state index contributed by atoms with van der Waals surface area (Å²) in [6, 6.07) is 0. The highest BCUT2D eigenvalue weighted by Gasteiger charge is 2.19. The van der Waals surface area contributed by atoms with Crippen molar-refractivity contribution in [3.8, 4) is 0 Å². The summed E-state index contributed by atoms with van der Waals surface area (Å²) < 4.78 is 16.8. The van der Waals surface area contributed by atoms with Crippen molar-refractivity contribution in [1.82, 2.24) is 0 Å². The van der Waals surface area contributed by atoms with Gasteiger partial charge in [0.1, 0.15) is 13.2 Å². The summed E-state index contributed by atoms with van der Waals surface area (Å²) in [6.07, 6.45) is 65.2. The Kier molecular flexibility index (Phi) is 51.8. The lowest BCUT2D eigenvalue weighted by atomic mass is 10.0. The molecule has 0 bridgehead atoms. The smallest absolute Gasteiger partial charge is 0.306 e. The molecule has 0 spiro atoms. The Morgan fingerprint density at radius 3 is 0.938 bits per heavy atom. The summed E-state index contributed by atoms with van der Waals surface area (Å²) in [5.41, 5.74) is 0. The lowest BCUT2D eigenvalue weighted by Gasteiger charge is -2.18. The molecule has 0 aromatic carbocycles. The van der Waals surface area contributed by atoms with Crippen molar-refractivity contribution in [2.75, 3.05) is 13.2 Å². The van der Waals surface area contributed by atoms with Gasteiger partial charge in [0.15, 0.2) is 6.10 Å². The van der Waals surface area contributed by atoms with E-state index in [0.717, 1.165) is 96.3 Å². The summed E-state index contributed by atoms with van der Waals surface area (Å²) in [7, 11) is 0. The van der Waals surface area contributed by atoms with Crippen LogP contribution in [-0.2, 0) is 28.6 Å². The molecular formula is C59H106O6. The van der Waals surface area contributed by atoms with Crippen LogP contribution in [0.15, 0.2) is 48.6 Å². The highest BCUT2D eigenvalue weighted by molar-refractivity contribution is 5.71. The van der Waals surface area contributed by atoms with E-state index < -0.39 is 6.10 Å². The van der Waals surface area contributed by atoms with Gasteiger partial charge in [0.2, 0.25) is 0 Å². The third kappa shape index (κ3) is 52.2. The monoisotopic (exact) mass is 911 g/mol. The molecule has 0 aromatic rings. The second-order valence-corrected chi connectivity index (χ2v) is 18.8. The molecule has 0 rings (SSSR count). The minimum atomic E-state index is -0.779. The van der Waals surface area contributed by atoms with Crippen molar-refractivity contribution in [2.24, 2.45) is 0 Å². The van der Waals surface area contributed by atoms with E-state index in [0.29, 0.717) is 19.3 Å². The molecule has 1 unspecified atom stereocenters. The van der Waals surface area contributed by atoms with Gasteiger partial charge >= 0.3 is 17.9 Å². The van der Waals surface area contributed by atoms with Crippen molar-refractivity contribution in [3.63, 3.8) is 0 Å². The van der Waals surface area contributed by atoms with Crippen LogP contribution in [0.25, 0.3) is 0 Å². The maximum Gasteiger partial charge on any atom is 0.306 e. The number of carbonyl (C=O) groups is 3. The number of unbranched alkanes of at least 4 members (excludes halogenated alkanes) is 32. The van der Waals surface area contributed by atoms with E-state index in [-0.39, 0.29) is 31.1 Å². The average molecular weight is 911 g/mol. The second kappa shape index (κ2) is 54.0. The van der Waals surface area contributed by atoms with Gasteiger partial charge in [-0.05, 0) is 57.8 Å². The third-order valence-electron chi connectivity index (χ3n) is 12.3. The molecule has 0 fully saturated rings. The molecular weight excluding hydrogens is 805 g/mol. The molecule has 1 atom stereocenters. The van der Waals surface area contributed by atoms with Gasteiger partial charge in [-0.15, -0.1) is 0 Å². The molecule has 6 nitrogen and oxygen atoms in total. The Morgan fingerprint density at radius 1 is 0.323 bits per heavy atom. The lowest BCUT2D eigenvalue weighted by Crippen LogP contribution is -2.30. The number of carbonyl (C=O) groups excluding carboxylic acids is 3. The number of hydrogen-bond acceptors (Lipinski definition) is 6. The van der Waals surface area contributed by atoms with E-state index in [2.05, 4.69) is 69.4 Å². The van der Waals surface area contributed by atoms with Crippen LogP contribution in [0.1, 0.15) is 290 Å². The van der Waals surface area contributed by atoms with Crippen LogP contribution in [-0.4, -0.2) is 37.2 Å². The highest BCUT2D eigenvalue weighted by atomic mass is 16.6. The van der Waals surface area contributed by atoms with Crippen LogP contribution >= 0.6 is 0 Å². The normalized spacial score (nSPS) is 12.4. The van der Waals surface area contributed by atoms with Crippen LogP contribution < -0.4 is 0 Å². The van der Waals surface area contributed by atoms with Gasteiger partial charge in [-0.25, -0.2) is 0 Å². The molecule has 0 radical (unpaired) electrons. The Morgan fingerprint density at radius 2 is 0.600 bits per heavy atom. The average Bonchev–Trinajstić information content (AvgIpc) is 3.30. The first-order valence-corrected chi connectivity index (χ1v) is 28.1. The third-order valence-corrected chi connectivity index (χ3v) is 12.3. The fraction of sp³-hybridized carbons (Fsp3) is 0.814. The van der Waals surface area contributed by atoms with Crippen LogP contribution in [0.5, 0.6) is 0 Å². The molecule has 0 saturated carbocycles. The first-order valence-electron chi connectivity index (χ1n) is 28.1. The lowest BCUT2D eigenvalue weighted by molar-refractivity contribution is -0.167. The first-order chi connectivity index (χ1) is 32.0. The van der Waals surface area contributed by atoms with Gasteiger partial charge in [0, 0.05) is 19.3 Å². The van der Waals surface area contributed by atoms with Gasteiger partial charge in [-0.1, -0.05) is 262 Å². The molecule has 0 aromatic heterocycles. The quantitative estimate of drug-likeness (QED) is 0.0262. The molecule has 0 heterocycles. The summed E-state index contributed by atoms with van der Waals surface area (Å²) >= 11 is 0. The zero-order valence-corrected chi connectivity index (χ0v) is 43.3. The van der Waals surface area contributed by atoms with Gasteiger partial charge in [0.05, 0.1) is 0 Å². The Labute approximate surface area is 403 Å². The zero-order valence-electron chi connectivity index (χ0n) is 43.3. The predicted molar refractivity (Wildman–Crippen MR) is 279 cm³/mol. The fourth-order valence-electron chi connectivity index (χ4n) is 8.14. The largest absolute Gasteiger partial charge is 0.462 e. The Balaban J connectivity index is 4.38. The van der Waals surface area contributed by atoms with Gasteiger partial charge < -0.3 is 14.2 Å². The topological polar surface area (TPSA) is 78.9 Å². The fourth-order valence-corrected chi connectivity index (χ4v) is 8.14. The van der Waals surface area contributed by atoms with Crippen molar-refractivity contribution in [2.45, 2.75) is 297 Å². The maximum absolute atomic E-state index is 12.8. The van der Waals surface area contributed by atoms with Gasteiger partial charge in [-0.3, -0.25) is 14.4 Å². The second-order valence-electron chi connectivity index (χ2n) is 18.8. The van der Waals surface area contributed by atoms with E-state index in [9.17, 15) is 14.4 Å². The van der Waals surface area contributed by atoms with Crippen molar-refractivity contribution in [1.29, 1.82) is 0 Å². The van der Waals surface area contributed by atoms with E-state index in [1.54, 1.807) is 0 Å². The summed E-state index contributed by atoms with van der Waals surface area (Å²) in [4.78, 5) is 38.1. The number of allylic oxidation sites excluding steroid dienone is 8.